The van der Waals surface area contributed by atoms with Gasteiger partial charge in [-0.2, -0.15) is 0 Å². The maximum atomic E-state index is 12.1. The van der Waals surface area contributed by atoms with Crippen molar-refractivity contribution in [3.05, 3.63) is 21.3 Å². The number of rotatable bonds is 3. The summed E-state index contributed by atoms with van der Waals surface area (Å²) in [6.45, 7) is 5.17. The molecule has 0 aliphatic carbocycles. The highest BCUT2D eigenvalue weighted by atomic mass is 35.5. The van der Waals surface area contributed by atoms with Crippen molar-refractivity contribution in [1.29, 1.82) is 0 Å². The second-order valence-corrected chi connectivity index (χ2v) is 6.48. The van der Waals surface area contributed by atoms with Crippen LogP contribution in [0.4, 0.5) is 0 Å². The molecule has 0 spiro atoms. The summed E-state index contributed by atoms with van der Waals surface area (Å²) >= 11 is 7.09. The number of hydrogen-bond donors (Lipinski definition) is 1. The van der Waals surface area contributed by atoms with Crippen LogP contribution in [0.1, 0.15) is 23.5 Å². The molecule has 6 heteroatoms. The Balaban J connectivity index is 2.09. The van der Waals surface area contributed by atoms with Crippen LogP contribution in [0.5, 0.6) is 0 Å². The van der Waals surface area contributed by atoms with Gasteiger partial charge in [0.15, 0.2) is 5.78 Å². The number of piperazine rings is 1. The van der Waals surface area contributed by atoms with Gasteiger partial charge in [-0.1, -0.05) is 11.6 Å². The third-order valence-electron chi connectivity index (χ3n) is 3.20. The van der Waals surface area contributed by atoms with Gasteiger partial charge in [0.05, 0.1) is 21.3 Å². The first-order chi connectivity index (χ1) is 8.41. The van der Waals surface area contributed by atoms with E-state index in [1.54, 1.807) is 12.1 Å². The van der Waals surface area contributed by atoms with Gasteiger partial charge < -0.3 is 5.32 Å². The first-order valence-corrected chi connectivity index (χ1v) is 6.92. The van der Waals surface area contributed by atoms with Gasteiger partial charge in [-0.05, 0) is 26.0 Å². The Morgan fingerprint density at radius 3 is 2.89 bits per heavy atom. The number of carbonyl (C=O) groups is 2. The van der Waals surface area contributed by atoms with Crippen LogP contribution >= 0.6 is 22.9 Å². The first-order valence-electron chi connectivity index (χ1n) is 5.73. The molecule has 0 aromatic carbocycles. The van der Waals surface area contributed by atoms with Crippen LogP contribution in [0, 0.1) is 0 Å². The second kappa shape index (κ2) is 4.99. The number of thiophene rings is 1. The number of hydrogen-bond acceptors (Lipinski definition) is 4. The van der Waals surface area contributed by atoms with Crippen molar-refractivity contribution in [2.45, 2.75) is 19.4 Å². The van der Waals surface area contributed by atoms with Crippen molar-refractivity contribution in [3.8, 4) is 0 Å². The van der Waals surface area contributed by atoms with Gasteiger partial charge in [0, 0.05) is 13.1 Å². The van der Waals surface area contributed by atoms with Crippen molar-refractivity contribution in [1.82, 2.24) is 10.2 Å². The Kier molecular flexibility index (Phi) is 3.75. The SMILES string of the molecule is CC1(C)C(=O)NCCN1CC(=O)c1ccc(Cl)s1. The third kappa shape index (κ3) is 2.58. The van der Waals surface area contributed by atoms with Gasteiger partial charge in [0.2, 0.25) is 5.91 Å². The Labute approximate surface area is 115 Å². The molecular weight excluding hydrogens is 272 g/mol. The average Bonchev–Trinajstić information content (AvgIpc) is 2.72. The molecule has 0 bridgehead atoms. The van der Waals surface area contributed by atoms with E-state index in [0.717, 1.165) is 0 Å². The minimum atomic E-state index is -0.644. The molecule has 1 aliphatic heterocycles. The number of carbonyl (C=O) groups excluding carboxylic acids is 2. The Morgan fingerprint density at radius 1 is 1.56 bits per heavy atom. The summed E-state index contributed by atoms with van der Waals surface area (Å²) < 4.78 is 0.606. The molecule has 0 atom stereocenters. The molecule has 1 amide bonds. The van der Waals surface area contributed by atoms with Gasteiger partial charge >= 0.3 is 0 Å². The van der Waals surface area contributed by atoms with Crippen molar-refractivity contribution >= 4 is 34.6 Å². The van der Waals surface area contributed by atoms with Crippen LogP contribution in [0.2, 0.25) is 4.34 Å². The van der Waals surface area contributed by atoms with E-state index >= 15 is 0 Å². The topological polar surface area (TPSA) is 49.4 Å². The fourth-order valence-corrected chi connectivity index (χ4v) is 2.91. The van der Waals surface area contributed by atoms with Crippen LogP contribution in [-0.2, 0) is 4.79 Å². The summed E-state index contributed by atoms with van der Waals surface area (Å²) in [5.74, 6) is -0.0274. The molecule has 1 N–H and O–H groups in total. The van der Waals surface area contributed by atoms with Crippen LogP contribution in [0.15, 0.2) is 12.1 Å². The number of halogens is 1. The molecule has 98 valence electrons. The van der Waals surface area contributed by atoms with E-state index in [2.05, 4.69) is 5.32 Å². The lowest BCUT2D eigenvalue weighted by Crippen LogP contribution is -2.62. The Morgan fingerprint density at radius 2 is 2.28 bits per heavy atom. The molecular formula is C12H15ClN2O2S. The Bertz CT molecular complexity index is 484. The minimum absolute atomic E-state index is 0.00896. The summed E-state index contributed by atoms with van der Waals surface area (Å²) in [5.41, 5.74) is -0.644. The van der Waals surface area contributed by atoms with Crippen molar-refractivity contribution in [2.75, 3.05) is 19.6 Å². The van der Waals surface area contributed by atoms with Crippen LogP contribution < -0.4 is 5.32 Å². The molecule has 1 aromatic rings. The van der Waals surface area contributed by atoms with E-state index in [0.29, 0.717) is 22.3 Å². The Hall–Kier alpha value is -0.910. The highest BCUT2D eigenvalue weighted by Crippen LogP contribution is 2.23. The van der Waals surface area contributed by atoms with E-state index in [1.807, 2.05) is 18.7 Å². The number of ketones is 1. The maximum Gasteiger partial charge on any atom is 0.240 e. The lowest BCUT2D eigenvalue weighted by molar-refractivity contribution is -0.134. The van der Waals surface area contributed by atoms with E-state index in [4.69, 9.17) is 11.6 Å². The minimum Gasteiger partial charge on any atom is -0.353 e. The van der Waals surface area contributed by atoms with Gasteiger partial charge in [0.1, 0.15) is 0 Å². The maximum absolute atomic E-state index is 12.1. The molecule has 2 rings (SSSR count). The van der Waals surface area contributed by atoms with Crippen LogP contribution in [0.3, 0.4) is 0 Å². The molecule has 2 heterocycles. The summed E-state index contributed by atoms with van der Waals surface area (Å²) in [7, 11) is 0. The molecule has 1 fully saturated rings. The zero-order valence-electron chi connectivity index (χ0n) is 10.3. The molecule has 1 saturated heterocycles. The van der Waals surface area contributed by atoms with Gasteiger partial charge in [-0.15, -0.1) is 11.3 Å². The van der Waals surface area contributed by atoms with Gasteiger partial charge in [0.25, 0.3) is 0 Å². The highest BCUT2D eigenvalue weighted by molar-refractivity contribution is 7.18. The van der Waals surface area contributed by atoms with E-state index in [-0.39, 0.29) is 18.2 Å². The quantitative estimate of drug-likeness (QED) is 0.862. The summed E-state index contributed by atoms with van der Waals surface area (Å²) in [6.07, 6.45) is 0. The molecule has 0 unspecified atom stereocenters. The van der Waals surface area contributed by atoms with Crippen molar-refractivity contribution in [3.63, 3.8) is 0 Å². The van der Waals surface area contributed by atoms with Crippen LogP contribution in [0.25, 0.3) is 0 Å². The predicted octanol–water partition coefficient (Wildman–Crippen LogP) is 1.79. The number of nitrogens with zero attached hydrogens (tertiary/aromatic N) is 1. The first kappa shape index (κ1) is 13.5. The number of nitrogens with one attached hydrogen (secondary N) is 1. The fraction of sp³-hybridized carbons (Fsp3) is 0.500. The lowest BCUT2D eigenvalue weighted by Gasteiger charge is -2.40. The van der Waals surface area contributed by atoms with Crippen LogP contribution in [-0.4, -0.2) is 41.8 Å². The normalized spacial score (nSPS) is 19.6. The van der Waals surface area contributed by atoms with Crippen molar-refractivity contribution in [2.24, 2.45) is 0 Å². The molecule has 0 saturated carbocycles. The lowest BCUT2D eigenvalue weighted by atomic mass is 9.98. The molecule has 4 nitrogen and oxygen atoms in total. The molecule has 18 heavy (non-hydrogen) atoms. The fourth-order valence-electron chi connectivity index (χ4n) is 1.94. The van der Waals surface area contributed by atoms with Crippen molar-refractivity contribution < 1.29 is 9.59 Å². The summed E-state index contributed by atoms with van der Waals surface area (Å²) in [4.78, 5) is 26.4. The summed E-state index contributed by atoms with van der Waals surface area (Å²) in [5, 5.41) is 2.81. The number of Topliss-reactive ketones (excluding diaryl/α,β-unsaturated/α-hetero) is 1. The highest BCUT2D eigenvalue weighted by Gasteiger charge is 2.38. The zero-order chi connectivity index (χ0) is 13.3. The molecule has 0 radical (unpaired) electrons. The predicted molar refractivity (Wildman–Crippen MR) is 72.3 cm³/mol. The van der Waals surface area contributed by atoms with Gasteiger partial charge in [-0.25, -0.2) is 0 Å². The summed E-state index contributed by atoms with van der Waals surface area (Å²) in [6, 6.07) is 3.44. The zero-order valence-corrected chi connectivity index (χ0v) is 11.9. The van der Waals surface area contributed by atoms with E-state index in [1.165, 1.54) is 11.3 Å². The van der Waals surface area contributed by atoms with Gasteiger partial charge in [-0.3, -0.25) is 14.5 Å². The molecule has 1 aliphatic rings. The largest absolute Gasteiger partial charge is 0.353 e. The monoisotopic (exact) mass is 286 g/mol. The standard InChI is InChI=1S/C12H15ClN2O2S/c1-12(2)11(17)14-5-6-15(12)7-8(16)9-3-4-10(13)18-9/h3-4H,5-7H2,1-2H3,(H,14,17). The molecule has 1 aromatic heterocycles. The number of amides is 1. The van der Waals surface area contributed by atoms with E-state index < -0.39 is 5.54 Å². The van der Waals surface area contributed by atoms with E-state index in [9.17, 15) is 9.59 Å². The smallest absolute Gasteiger partial charge is 0.240 e. The third-order valence-corrected chi connectivity index (χ3v) is 4.47. The average molecular weight is 287 g/mol. The second-order valence-electron chi connectivity index (χ2n) is 4.76.